The van der Waals surface area contributed by atoms with E-state index in [9.17, 15) is 28.3 Å². The normalized spacial score (nSPS) is 19.2. The Balaban J connectivity index is 1.68. The zero-order valence-corrected chi connectivity index (χ0v) is 15.8. The molecular formula is C20H19F2N3O4. The van der Waals surface area contributed by atoms with Crippen molar-refractivity contribution >= 4 is 11.8 Å². The molecule has 7 nitrogen and oxygen atoms in total. The summed E-state index contributed by atoms with van der Waals surface area (Å²) >= 11 is 0. The molecular weight excluding hydrogens is 384 g/mol. The molecule has 9 heteroatoms. The first-order valence-corrected chi connectivity index (χ1v) is 9.16. The highest BCUT2D eigenvalue weighted by atomic mass is 19.1. The van der Waals surface area contributed by atoms with Gasteiger partial charge in [0.25, 0.3) is 11.8 Å². The summed E-state index contributed by atoms with van der Waals surface area (Å²) in [7, 11) is 1.64. The second kappa shape index (κ2) is 6.40. The molecule has 1 aliphatic heterocycles. The van der Waals surface area contributed by atoms with Crippen molar-refractivity contribution in [3.8, 4) is 5.75 Å². The third-order valence-electron chi connectivity index (χ3n) is 6.04. The molecule has 1 aromatic carbocycles. The fraction of sp³-hybridized carbons (Fsp3) is 0.350. The number of amides is 2. The Morgan fingerprint density at radius 1 is 1.31 bits per heavy atom. The fourth-order valence-electron chi connectivity index (χ4n) is 4.02. The minimum atomic E-state index is -0.978. The third kappa shape index (κ3) is 2.80. The number of hydrogen-bond donors (Lipinski definition) is 2. The van der Waals surface area contributed by atoms with E-state index in [1.807, 2.05) is 6.92 Å². The maximum atomic E-state index is 13.8. The molecule has 1 aromatic heterocycles. The molecule has 0 radical (unpaired) electrons. The largest absolute Gasteiger partial charge is 0.503 e. The Bertz CT molecular complexity index is 1110. The van der Waals surface area contributed by atoms with E-state index in [-0.39, 0.29) is 29.4 Å². The van der Waals surface area contributed by atoms with Gasteiger partial charge in [0, 0.05) is 31.4 Å². The van der Waals surface area contributed by atoms with E-state index in [2.05, 4.69) is 5.32 Å². The van der Waals surface area contributed by atoms with Crippen LogP contribution in [0.25, 0.3) is 0 Å². The van der Waals surface area contributed by atoms with Crippen molar-refractivity contribution in [3.05, 3.63) is 63.1 Å². The zero-order chi connectivity index (χ0) is 21.1. The Kier molecular flexibility index (Phi) is 4.21. The van der Waals surface area contributed by atoms with Gasteiger partial charge in [-0.1, -0.05) is 6.07 Å². The van der Waals surface area contributed by atoms with Gasteiger partial charge in [-0.25, -0.2) is 8.78 Å². The van der Waals surface area contributed by atoms with Gasteiger partial charge in [0.15, 0.2) is 11.4 Å². The first-order valence-electron chi connectivity index (χ1n) is 9.16. The van der Waals surface area contributed by atoms with Crippen LogP contribution in [-0.4, -0.2) is 39.0 Å². The highest BCUT2D eigenvalue weighted by Gasteiger charge is 2.57. The second-order valence-electron chi connectivity index (χ2n) is 7.54. The minimum Gasteiger partial charge on any atom is -0.503 e. The molecule has 0 saturated heterocycles. The molecule has 0 bridgehead atoms. The summed E-state index contributed by atoms with van der Waals surface area (Å²) in [6, 6.07) is 2.70. The minimum absolute atomic E-state index is 0.0455. The summed E-state index contributed by atoms with van der Waals surface area (Å²) in [4.78, 5) is 39.3. The van der Waals surface area contributed by atoms with Crippen LogP contribution in [-0.2, 0) is 6.54 Å². The number of hydrogen-bond acceptors (Lipinski definition) is 4. The molecule has 152 valence electrons. The first kappa shape index (κ1) is 19.1. The van der Waals surface area contributed by atoms with Gasteiger partial charge in [0.1, 0.15) is 17.2 Å². The van der Waals surface area contributed by atoms with Gasteiger partial charge in [-0.2, -0.15) is 0 Å². The smallest absolute Gasteiger partial charge is 0.274 e. The molecule has 2 N–H and O–H groups in total. The van der Waals surface area contributed by atoms with Crippen molar-refractivity contribution in [1.82, 2.24) is 14.8 Å². The van der Waals surface area contributed by atoms with Crippen LogP contribution >= 0.6 is 0 Å². The van der Waals surface area contributed by atoms with Gasteiger partial charge in [-0.15, -0.1) is 0 Å². The molecule has 2 aromatic rings. The van der Waals surface area contributed by atoms with E-state index < -0.39 is 40.2 Å². The second-order valence-corrected chi connectivity index (χ2v) is 7.54. The predicted octanol–water partition coefficient (Wildman–Crippen LogP) is 1.94. The maximum Gasteiger partial charge on any atom is 0.274 e. The lowest BCUT2D eigenvalue weighted by Crippen LogP contribution is -2.51. The van der Waals surface area contributed by atoms with Crippen LogP contribution < -0.4 is 10.7 Å². The van der Waals surface area contributed by atoms with Gasteiger partial charge >= 0.3 is 0 Å². The van der Waals surface area contributed by atoms with E-state index in [0.29, 0.717) is 6.07 Å². The molecule has 1 spiro atoms. The van der Waals surface area contributed by atoms with Crippen LogP contribution in [0.4, 0.5) is 8.78 Å². The van der Waals surface area contributed by atoms with Gasteiger partial charge in [-0.3, -0.25) is 14.4 Å². The van der Waals surface area contributed by atoms with Gasteiger partial charge in [-0.05, 0) is 25.8 Å². The molecule has 1 saturated carbocycles. The number of benzene rings is 1. The van der Waals surface area contributed by atoms with Crippen LogP contribution in [0.1, 0.15) is 52.2 Å². The molecule has 1 fully saturated rings. The number of halogens is 2. The molecule has 2 heterocycles. The zero-order valence-electron chi connectivity index (χ0n) is 15.8. The predicted molar refractivity (Wildman–Crippen MR) is 98.7 cm³/mol. The number of nitrogens with one attached hydrogen (secondary N) is 1. The number of rotatable bonds is 3. The lowest BCUT2D eigenvalue weighted by molar-refractivity contribution is 0.0550. The van der Waals surface area contributed by atoms with Crippen LogP contribution in [0.15, 0.2) is 29.2 Å². The summed E-state index contributed by atoms with van der Waals surface area (Å²) < 4.78 is 28.2. The number of pyridine rings is 1. The molecule has 2 aliphatic rings. The summed E-state index contributed by atoms with van der Waals surface area (Å²) in [5.74, 6) is -3.66. The van der Waals surface area contributed by atoms with E-state index >= 15 is 0 Å². The quantitative estimate of drug-likeness (QED) is 0.820. The van der Waals surface area contributed by atoms with Crippen molar-refractivity contribution in [1.29, 1.82) is 0 Å². The van der Waals surface area contributed by atoms with Crippen LogP contribution in [0.2, 0.25) is 0 Å². The summed E-state index contributed by atoms with van der Waals surface area (Å²) in [6.07, 6.45) is 2.84. The van der Waals surface area contributed by atoms with E-state index in [1.165, 1.54) is 16.8 Å². The molecule has 1 aliphatic carbocycles. The number of likely N-dealkylation sites (N-methyl/N-ethyl adjacent to an activating group) is 1. The Hall–Kier alpha value is -3.23. The maximum absolute atomic E-state index is 13.8. The topological polar surface area (TPSA) is 91.6 Å². The lowest BCUT2D eigenvalue weighted by atomic mass is 9.99. The van der Waals surface area contributed by atoms with Crippen molar-refractivity contribution in [2.75, 3.05) is 7.05 Å². The van der Waals surface area contributed by atoms with Crippen molar-refractivity contribution in [3.63, 3.8) is 0 Å². The lowest BCUT2D eigenvalue weighted by Gasteiger charge is -2.41. The third-order valence-corrected chi connectivity index (χ3v) is 6.04. The molecule has 29 heavy (non-hydrogen) atoms. The standard InChI is InChI=1S/C20H19F2N3O4/c1-10-20(5-6-20)24(2)19(29)15-17(27)16(26)13(9-25(10)15)18(28)23-8-11-3-4-12(21)7-14(11)22/h3-4,7,9-10,27H,5-6,8H2,1-2H3,(H,23,28)/t10-/m0/s1. The Morgan fingerprint density at radius 3 is 2.62 bits per heavy atom. The number of aromatic nitrogens is 1. The van der Waals surface area contributed by atoms with E-state index in [4.69, 9.17) is 0 Å². The van der Waals surface area contributed by atoms with Gasteiger partial charge in [0.05, 0.1) is 11.6 Å². The summed E-state index contributed by atoms with van der Waals surface area (Å²) in [6.45, 7) is 1.59. The highest BCUT2D eigenvalue weighted by molar-refractivity contribution is 5.99. The van der Waals surface area contributed by atoms with Crippen molar-refractivity contribution in [2.24, 2.45) is 0 Å². The van der Waals surface area contributed by atoms with E-state index in [0.717, 1.165) is 18.9 Å². The number of fused-ring (bicyclic) bond motifs is 1. The molecule has 4 rings (SSSR count). The monoisotopic (exact) mass is 403 g/mol. The molecule has 2 amide bonds. The number of nitrogens with zero attached hydrogens (tertiary/aromatic N) is 2. The SMILES string of the molecule is C[C@@H]1n2cc(C(=O)NCc3ccc(F)cc3F)c(=O)c(O)c2C(=O)N(C)C12CC2. The van der Waals surface area contributed by atoms with Crippen LogP contribution in [0.5, 0.6) is 5.75 Å². The number of aromatic hydroxyl groups is 1. The Labute approximate surface area is 164 Å². The van der Waals surface area contributed by atoms with Crippen LogP contribution in [0.3, 0.4) is 0 Å². The van der Waals surface area contributed by atoms with E-state index in [1.54, 1.807) is 11.9 Å². The van der Waals surface area contributed by atoms with Crippen LogP contribution in [0, 0.1) is 11.6 Å². The summed E-state index contributed by atoms with van der Waals surface area (Å²) in [5.41, 5.74) is -1.83. The number of carbonyl (C=O) groups is 2. The molecule has 0 unspecified atom stereocenters. The average molecular weight is 403 g/mol. The van der Waals surface area contributed by atoms with Crippen molar-refractivity contribution < 1.29 is 23.5 Å². The van der Waals surface area contributed by atoms with Gasteiger partial charge in [0.2, 0.25) is 5.43 Å². The number of carbonyl (C=O) groups excluding carboxylic acids is 2. The fourth-order valence-corrected chi connectivity index (χ4v) is 4.02. The molecule has 1 atom stereocenters. The van der Waals surface area contributed by atoms with Crippen molar-refractivity contribution in [2.45, 2.75) is 37.9 Å². The summed E-state index contributed by atoms with van der Waals surface area (Å²) in [5, 5.41) is 12.8. The highest BCUT2D eigenvalue weighted by Crippen LogP contribution is 2.52. The van der Waals surface area contributed by atoms with Gasteiger partial charge < -0.3 is 19.9 Å². The Morgan fingerprint density at radius 2 is 2.00 bits per heavy atom. The average Bonchev–Trinajstić information content (AvgIpc) is 3.48. The first-order chi connectivity index (χ1) is 13.7.